The SMILES string of the molecule is NCC[C@H](O)c1nc(N2CCCCCC2)no1. The zero-order valence-corrected chi connectivity index (χ0v) is 10.0. The van der Waals surface area contributed by atoms with E-state index in [1.54, 1.807) is 0 Å². The van der Waals surface area contributed by atoms with E-state index in [9.17, 15) is 5.11 Å². The van der Waals surface area contributed by atoms with Crippen LogP contribution in [0.4, 0.5) is 5.95 Å². The fourth-order valence-corrected chi connectivity index (χ4v) is 2.04. The molecule has 96 valence electrons. The van der Waals surface area contributed by atoms with E-state index in [-0.39, 0.29) is 5.89 Å². The molecule has 0 aromatic carbocycles. The Morgan fingerprint density at radius 1 is 1.29 bits per heavy atom. The first-order valence-electron chi connectivity index (χ1n) is 6.28. The third-order valence-electron chi connectivity index (χ3n) is 3.05. The van der Waals surface area contributed by atoms with E-state index in [0.29, 0.717) is 18.9 Å². The van der Waals surface area contributed by atoms with Crippen molar-refractivity contribution in [3.63, 3.8) is 0 Å². The van der Waals surface area contributed by atoms with Gasteiger partial charge in [0.1, 0.15) is 6.10 Å². The molecular weight excluding hydrogens is 220 g/mol. The minimum absolute atomic E-state index is 0.273. The van der Waals surface area contributed by atoms with Gasteiger partial charge in [-0.25, -0.2) is 0 Å². The summed E-state index contributed by atoms with van der Waals surface area (Å²) in [5.41, 5.74) is 5.38. The average molecular weight is 240 g/mol. The van der Waals surface area contributed by atoms with Crippen LogP contribution in [-0.4, -0.2) is 34.9 Å². The maximum Gasteiger partial charge on any atom is 0.266 e. The zero-order valence-electron chi connectivity index (χ0n) is 10.0. The lowest BCUT2D eigenvalue weighted by atomic mass is 10.2. The molecule has 1 aliphatic rings. The van der Waals surface area contributed by atoms with Crippen molar-refractivity contribution in [3.05, 3.63) is 5.89 Å². The molecule has 1 aromatic rings. The van der Waals surface area contributed by atoms with Crippen LogP contribution in [-0.2, 0) is 0 Å². The Morgan fingerprint density at radius 2 is 2.00 bits per heavy atom. The molecule has 0 amide bonds. The topological polar surface area (TPSA) is 88.4 Å². The van der Waals surface area contributed by atoms with E-state index in [4.69, 9.17) is 10.3 Å². The maximum atomic E-state index is 9.69. The van der Waals surface area contributed by atoms with Crippen LogP contribution in [0.1, 0.15) is 44.1 Å². The fraction of sp³-hybridized carbons (Fsp3) is 0.818. The van der Waals surface area contributed by atoms with Crippen molar-refractivity contribution in [2.45, 2.75) is 38.2 Å². The number of nitrogens with zero attached hydrogens (tertiary/aromatic N) is 3. The summed E-state index contributed by atoms with van der Waals surface area (Å²) in [5, 5.41) is 13.6. The molecule has 1 aliphatic heterocycles. The predicted molar refractivity (Wildman–Crippen MR) is 63.6 cm³/mol. The quantitative estimate of drug-likeness (QED) is 0.810. The summed E-state index contributed by atoms with van der Waals surface area (Å²) in [5.74, 6) is 0.868. The predicted octanol–water partition coefficient (Wildman–Crippen LogP) is 0.832. The number of aliphatic hydroxyl groups excluding tert-OH is 1. The second-order valence-corrected chi connectivity index (χ2v) is 4.43. The lowest BCUT2D eigenvalue weighted by Gasteiger charge is -2.16. The Kier molecular flexibility index (Phi) is 4.33. The first-order valence-corrected chi connectivity index (χ1v) is 6.28. The molecular formula is C11H20N4O2. The minimum atomic E-state index is -0.742. The van der Waals surface area contributed by atoms with Gasteiger partial charge < -0.3 is 20.3 Å². The third kappa shape index (κ3) is 3.17. The minimum Gasteiger partial charge on any atom is -0.383 e. The van der Waals surface area contributed by atoms with E-state index in [2.05, 4.69) is 15.0 Å². The van der Waals surface area contributed by atoms with Crippen molar-refractivity contribution in [2.75, 3.05) is 24.5 Å². The van der Waals surface area contributed by atoms with E-state index < -0.39 is 6.10 Å². The first kappa shape index (κ1) is 12.3. The van der Waals surface area contributed by atoms with E-state index >= 15 is 0 Å². The second-order valence-electron chi connectivity index (χ2n) is 4.43. The summed E-state index contributed by atoms with van der Waals surface area (Å²) >= 11 is 0. The Hall–Kier alpha value is -1.14. The second kappa shape index (κ2) is 5.97. The highest BCUT2D eigenvalue weighted by molar-refractivity contribution is 5.27. The standard InChI is InChI=1S/C11H20N4O2/c12-6-5-9(16)10-13-11(14-17-10)15-7-3-1-2-4-8-15/h9,16H,1-8,12H2/t9-/m0/s1. The zero-order chi connectivity index (χ0) is 12.1. The van der Waals surface area contributed by atoms with Gasteiger partial charge in [0.05, 0.1) is 0 Å². The summed E-state index contributed by atoms with van der Waals surface area (Å²) < 4.78 is 5.06. The van der Waals surface area contributed by atoms with Gasteiger partial charge in [-0.15, -0.1) is 0 Å². The molecule has 6 nitrogen and oxygen atoms in total. The number of aromatic nitrogens is 2. The number of nitrogens with two attached hydrogens (primary N) is 1. The number of hydrogen-bond acceptors (Lipinski definition) is 6. The molecule has 6 heteroatoms. The van der Waals surface area contributed by atoms with Crippen molar-refractivity contribution in [2.24, 2.45) is 5.73 Å². The summed E-state index contributed by atoms with van der Waals surface area (Å²) in [6.07, 6.45) is 4.55. The summed E-state index contributed by atoms with van der Waals surface area (Å²) in [6.45, 7) is 2.33. The van der Waals surface area contributed by atoms with Gasteiger partial charge in [-0.1, -0.05) is 12.8 Å². The number of rotatable bonds is 4. The number of hydrogen-bond donors (Lipinski definition) is 2. The highest BCUT2D eigenvalue weighted by atomic mass is 16.5. The first-order chi connectivity index (χ1) is 8.31. The van der Waals surface area contributed by atoms with Crippen molar-refractivity contribution >= 4 is 5.95 Å². The molecule has 3 N–H and O–H groups in total. The van der Waals surface area contributed by atoms with Gasteiger partial charge in [-0.2, -0.15) is 4.98 Å². The monoisotopic (exact) mass is 240 g/mol. The van der Waals surface area contributed by atoms with Gasteiger partial charge >= 0.3 is 0 Å². The van der Waals surface area contributed by atoms with E-state index in [1.807, 2.05) is 0 Å². The molecule has 0 aliphatic carbocycles. The Bertz CT molecular complexity index is 334. The van der Waals surface area contributed by atoms with Gasteiger partial charge in [0, 0.05) is 13.1 Å². The maximum absolute atomic E-state index is 9.69. The lowest BCUT2D eigenvalue weighted by Crippen LogP contribution is -2.25. The molecule has 0 unspecified atom stereocenters. The summed E-state index contributed by atoms with van der Waals surface area (Å²) in [6, 6.07) is 0. The number of anilines is 1. The van der Waals surface area contributed by atoms with Gasteiger partial charge in [-0.05, 0) is 31.0 Å². The molecule has 0 spiro atoms. The highest BCUT2D eigenvalue weighted by Crippen LogP contribution is 2.20. The summed E-state index contributed by atoms with van der Waals surface area (Å²) in [4.78, 5) is 6.36. The Balaban J connectivity index is 2.01. The van der Waals surface area contributed by atoms with Crippen LogP contribution in [0, 0.1) is 0 Å². The van der Waals surface area contributed by atoms with E-state index in [1.165, 1.54) is 12.8 Å². The Labute approximate surface area is 101 Å². The van der Waals surface area contributed by atoms with Crippen LogP contribution in [0.3, 0.4) is 0 Å². The van der Waals surface area contributed by atoms with Crippen molar-refractivity contribution in [3.8, 4) is 0 Å². The molecule has 17 heavy (non-hydrogen) atoms. The van der Waals surface area contributed by atoms with Crippen molar-refractivity contribution in [1.29, 1.82) is 0 Å². The summed E-state index contributed by atoms with van der Waals surface area (Å²) in [7, 11) is 0. The van der Waals surface area contributed by atoms with Crippen LogP contribution < -0.4 is 10.6 Å². The van der Waals surface area contributed by atoms with Gasteiger partial charge in [-0.3, -0.25) is 0 Å². The van der Waals surface area contributed by atoms with Crippen molar-refractivity contribution < 1.29 is 9.63 Å². The van der Waals surface area contributed by atoms with Gasteiger partial charge in [0.2, 0.25) is 0 Å². The Morgan fingerprint density at radius 3 is 2.65 bits per heavy atom. The molecule has 2 heterocycles. The molecule has 1 fully saturated rings. The molecule has 0 bridgehead atoms. The van der Waals surface area contributed by atoms with Crippen LogP contribution in [0.5, 0.6) is 0 Å². The highest BCUT2D eigenvalue weighted by Gasteiger charge is 2.19. The molecule has 0 radical (unpaired) electrons. The van der Waals surface area contributed by atoms with Crippen LogP contribution >= 0.6 is 0 Å². The van der Waals surface area contributed by atoms with Crippen molar-refractivity contribution in [1.82, 2.24) is 10.1 Å². The number of aliphatic hydroxyl groups is 1. The van der Waals surface area contributed by atoms with Crippen LogP contribution in [0.15, 0.2) is 4.52 Å². The largest absolute Gasteiger partial charge is 0.383 e. The normalized spacial score (nSPS) is 19.1. The molecule has 1 saturated heterocycles. The molecule has 2 rings (SSSR count). The fourth-order valence-electron chi connectivity index (χ4n) is 2.04. The smallest absolute Gasteiger partial charge is 0.266 e. The van der Waals surface area contributed by atoms with Gasteiger partial charge in [0.25, 0.3) is 11.8 Å². The van der Waals surface area contributed by atoms with Crippen LogP contribution in [0.2, 0.25) is 0 Å². The van der Waals surface area contributed by atoms with Gasteiger partial charge in [0.15, 0.2) is 0 Å². The lowest BCUT2D eigenvalue weighted by molar-refractivity contribution is 0.127. The van der Waals surface area contributed by atoms with E-state index in [0.717, 1.165) is 25.9 Å². The molecule has 1 aromatic heterocycles. The molecule has 1 atom stereocenters. The average Bonchev–Trinajstić information content (AvgIpc) is 2.66. The third-order valence-corrected chi connectivity index (χ3v) is 3.05. The van der Waals surface area contributed by atoms with Crippen LogP contribution in [0.25, 0.3) is 0 Å². The molecule has 0 saturated carbocycles.